The van der Waals surface area contributed by atoms with E-state index in [0.29, 0.717) is 13.1 Å². The molecule has 1 saturated heterocycles. The average Bonchev–Trinajstić information content (AvgIpc) is 2.52. The highest BCUT2D eigenvalue weighted by molar-refractivity contribution is 5.68. The predicted molar refractivity (Wildman–Crippen MR) is 93.3 cm³/mol. The fourth-order valence-electron chi connectivity index (χ4n) is 3.47. The van der Waals surface area contributed by atoms with Crippen LogP contribution in [0.5, 0.6) is 5.75 Å². The van der Waals surface area contributed by atoms with Gasteiger partial charge in [0.1, 0.15) is 11.4 Å². The first-order valence-corrected chi connectivity index (χ1v) is 8.48. The Hall–Kier alpha value is -1.75. The fourth-order valence-corrected chi connectivity index (χ4v) is 3.47. The number of carbonyl (C=O) groups excluding carboxylic acids is 1. The molecule has 1 fully saturated rings. The number of benzene rings is 1. The lowest BCUT2D eigenvalue weighted by molar-refractivity contribution is 0.00135. The van der Waals surface area contributed by atoms with Crippen LogP contribution in [-0.2, 0) is 4.74 Å². The first-order chi connectivity index (χ1) is 11.2. The molecular weight excluding hydrogens is 306 g/mol. The van der Waals surface area contributed by atoms with Crippen LogP contribution < -0.4 is 4.74 Å². The summed E-state index contributed by atoms with van der Waals surface area (Å²) in [6.07, 6.45) is -0.305. The molecule has 1 aromatic rings. The second kappa shape index (κ2) is 7.43. The van der Waals surface area contributed by atoms with Crippen molar-refractivity contribution in [3.05, 3.63) is 29.8 Å². The van der Waals surface area contributed by atoms with Gasteiger partial charge in [0.15, 0.2) is 0 Å². The summed E-state index contributed by atoms with van der Waals surface area (Å²) < 4.78 is 10.7. The first-order valence-electron chi connectivity index (χ1n) is 8.48. The zero-order valence-electron chi connectivity index (χ0n) is 15.3. The van der Waals surface area contributed by atoms with Gasteiger partial charge in [-0.15, -0.1) is 0 Å². The number of rotatable bonds is 3. The Kier molecular flexibility index (Phi) is 5.75. The molecule has 0 saturated carbocycles. The number of hydrogen-bond acceptors (Lipinski definition) is 4. The van der Waals surface area contributed by atoms with E-state index in [9.17, 15) is 9.90 Å². The van der Waals surface area contributed by atoms with Gasteiger partial charge >= 0.3 is 6.09 Å². The molecule has 5 heteroatoms. The van der Waals surface area contributed by atoms with Crippen LogP contribution in [0.4, 0.5) is 4.79 Å². The van der Waals surface area contributed by atoms with E-state index in [1.54, 1.807) is 12.0 Å². The van der Waals surface area contributed by atoms with Crippen LogP contribution in [0.25, 0.3) is 0 Å². The summed E-state index contributed by atoms with van der Waals surface area (Å²) in [5, 5.41) is 9.87. The SMILES string of the molecule is COc1ccc(C2C(C)CN(C(=O)OC(C)(C)C)CC2CO)cc1. The van der Waals surface area contributed by atoms with E-state index in [2.05, 4.69) is 6.92 Å². The second-order valence-electron chi connectivity index (χ2n) is 7.60. The Morgan fingerprint density at radius 1 is 1.25 bits per heavy atom. The normalized spacial score (nSPS) is 24.6. The molecule has 1 N–H and O–H groups in total. The van der Waals surface area contributed by atoms with Gasteiger partial charge in [-0.05, 0) is 50.3 Å². The number of carbonyl (C=O) groups is 1. The summed E-state index contributed by atoms with van der Waals surface area (Å²) in [4.78, 5) is 14.1. The van der Waals surface area contributed by atoms with E-state index in [1.165, 1.54) is 5.56 Å². The monoisotopic (exact) mass is 335 g/mol. The maximum absolute atomic E-state index is 12.4. The number of hydrogen-bond donors (Lipinski definition) is 1. The van der Waals surface area contributed by atoms with Crippen LogP contribution in [0.15, 0.2) is 24.3 Å². The van der Waals surface area contributed by atoms with Gasteiger partial charge in [-0.25, -0.2) is 4.79 Å². The third kappa shape index (κ3) is 4.41. The molecule has 1 aliphatic heterocycles. The lowest BCUT2D eigenvalue weighted by Gasteiger charge is -2.42. The third-order valence-electron chi connectivity index (χ3n) is 4.47. The molecule has 3 atom stereocenters. The fraction of sp³-hybridized carbons (Fsp3) is 0.632. The van der Waals surface area contributed by atoms with Crippen molar-refractivity contribution in [3.8, 4) is 5.75 Å². The number of aliphatic hydroxyl groups is 1. The highest BCUT2D eigenvalue weighted by Gasteiger charge is 2.38. The number of likely N-dealkylation sites (tertiary alicyclic amines) is 1. The largest absolute Gasteiger partial charge is 0.497 e. The molecule has 24 heavy (non-hydrogen) atoms. The number of methoxy groups -OCH3 is 1. The summed E-state index contributed by atoms with van der Waals surface area (Å²) in [7, 11) is 1.65. The molecule has 0 aromatic heterocycles. The smallest absolute Gasteiger partial charge is 0.410 e. The zero-order valence-corrected chi connectivity index (χ0v) is 15.3. The maximum atomic E-state index is 12.4. The number of aliphatic hydroxyl groups excluding tert-OH is 1. The van der Waals surface area contributed by atoms with Crippen LogP contribution >= 0.6 is 0 Å². The van der Waals surface area contributed by atoms with Crippen molar-refractivity contribution in [2.45, 2.75) is 39.2 Å². The summed E-state index contributed by atoms with van der Waals surface area (Å²) in [6, 6.07) is 7.98. The van der Waals surface area contributed by atoms with Crippen LogP contribution in [0.2, 0.25) is 0 Å². The van der Waals surface area contributed by atoms with Crippen molar-refractivity contribution in [1.29, 1.82) is 0 Å². The Morgan fingerprint density at radius 2 is 1.88 bits per heavy atom. The Morgan fingerprint density at radius 3 is 2.38 bits per heavy atom. The van der Waals surface area contributed by atoms with E-state index < -0.39 is 5.60 Å². The Labute approximate surface area is 144 Å². The molecule has 0 radical (unpaired) electrons. The summed E-state index contributed by atoms with van der Waals surface area (Å²) in [6.45, 7) is 8.88. The molecule has 5 nitrogen and oxygen atoms in total. The lowest BCUT2D eigenvalue weighted by Crippen LogP contribution is -2.49. The molecule has 1 heterocycles. The molecule has 0 spiro atoms. The molecule has 0 bridgehead atoms. The average molecular weight is 335 g/mol. The van der Waals surface area contributed by atoms with Gasteiger partial charge in [0.05, 0.1) is 7.11 Å². The van der Waals surface area contributed by atoms with Gasteiger partial charge in [0.2, 0.25) is 0 Å². The highest BCUT2D eigenvalue weighted by atomic mass is 16.6. The minimum atomic E-state index is -0.512. The predicted octanol–water partition coefficient (Wildman–Crippen LogP) is 3.27. The number of piperidine rings is 1. The Bertz CT molecular complexity index is 549. The van der Waals surface area contributed by atoms with Crippen LogP contribution in [-0.4, -0.2) is 48.5 Å². The van der Waals surface area contributed by atoms with E-state index >= 15 is 0 Å². The van der Waals surface area contributed by atoms with E-state index in [0.717, 1.165) is 5.75 Å². The third-order valence-corrected chi connectivity index (χ3v) is 4.47. The van der Waals surface area contributed by atoms with Crippen LogP contribution in [0, 0.1) is 11.8 Å². The van der Waals surface area contributed by atoms with Gasteiger partial charge in [-0.1, -0.05) is 19.1 Å². The van der Waals surface area contributed by atoms with Crippen molar-refractivity contribution in [2.75, 3.05) is 26.8 Å². The summed E-state index contributed by atoms with van der Waals surface area (Å²) in [5.41, 5.74) is 0.660. The van der Waals surface area contributed by atoms with E-state index in [-0.39, 0.29) is 30.5 Å². The van der Waals surface area contributed by atoms with Gasteiger partial charge in [0.25, 0.3) is 0 Å². The van der Waals surface area contributed by atoms with E-state index in [4.69, 9.17) is 9.47 Å². The van der Waals surface area contributed by atoms with Crippen molar-refractivity contribution >= 4 is 6.09 Å². The Balaban J connectivity index is 2.14. The number of amides is 1. The van der Waals surface area contributed by atoms with Gasteiger partial charge < -0.3 is 19.5 Å². The summed E-state index contributed by atoms with van der Waals surface area (Å²) in [5.74, 6) is 1.25. The molecule has 1 aliphatic rings. The second-order valence-corrected chi connectivity index (χ2v) is 7.60. The van der Waals surface area contributed by atoms with Gasteiger partial charge in [0, 0.05) is 25.6 Å². The van der Waals surface area contributed by atoms with E-state index in [1.807, 2.05) is 45.0 Å². The minimum absolute atomic E-state index is 0.00494. The van der Waals surface area contributed by atoms with Crippen LogP contribution in [0.3, 0.4) is 0 Å². The minimum Gasteiger partial charge on any atom is -0.497 e. The molecule has 134 valence electrons. The maximum Gasteiger partial charge on any atom is 0.410 e. The number of ether oxygens (including phenoxy) is 2. The quantitative estimate of drug-likeness (QED) is 0.921. The highest BCUT2D eigenvalue weighted by Crippen LogP contribution is 2.38. The standard InChI is InChI=1S/C19H29NO4/c1-13-10-20(18(22)24-19(2,3)4)11-15(12-21)17(13)14-6-8-16(23-5)9-7-14/h6-9,13,15,17,21H,10-12H2,1-5H3. The topological polar surface area (TPSA) is 59.0 Å². The van der Waals surface area contributed by atoms with Gasteiger partial charge in [-0.2, -0.15) is 0 Å². The van der Waals surface area contributed by atoms with Crippen molar-refractivity contribution in [3.63, 3.8) is 0 Å². The summed E-state index contributed by atoms with van der Waals surface area (Å²) >= 11 is 0. The van der Waals surface area contributed by atoms with Crippen molar-refractivity contribution in [2.24, 2.45) is 11.8 Å². The van der Waals surface area contributed by atoms with Gasteiger partial charge in [-0.3, -0.25) is 0 Å². The molecule has 1 aromatic carbocycles. The van der Waals surface area contributed by atoms with Crippen molar-refractivity contribution in [1.82, 2.24) is 4.90 Å². The molecule has 1 amide bonds. The number of nitrogens with zero attached hydrogens (tertiary/aromatic N) is 1. The molecular formula is C19H29NO4. The van der Waals surface area contributed by atoms with Crippen molar-refractivity contribution < 1.29 is 19.4 Å². The molecule has 2 rings (SSSR count). The molecule has 3 unspecified atom stereocenters. The first kappa shape index (κ1) is 18.6. The van der Waals surface area contributed by atoms with Crippen LogP contribution in [0.1, 0.15) is 39.2 Å². The molecule has 0 aliphatic carbocycles. The lowest BCUT2D eigenvalue weighted by atomic mass is 9.75. The zero-order chi connectivity index (χ0) is 17.9.